The van der Waals surface area contributed by atoms with Gasteiger partial charge < -0.3 is 10.4 Å². The molecule has 5 heteroatoms. The largest absolute Gasteiger partial charge is 0.393 e. The number of carbonyl (C=O) groups excluding carboxylic acids is 1. The third kappa shape index (κ3) is 4.16. The Balaban J connectivity index is 2.54. The van der Waals surface area contributed by atoms with Crippen LogP contribution < -0.4 is 5.32 Å². The molecular formula is C13H17Cl2NO2. The summed E-state index contributed by atoms with van der Waals surface area (Å²) in [5.41, 5.74) is 0.350. The molecule has 1 aromatic carbocycles. The van der Waals surface area contributed by atoms with E-state index in [1.165, 1.54) is 0 Å². The van der Waals surface area contributed by atoms with Crippen molar-refractivity contribution in [1.82, 2.24) is 5.32 Å². The molecule has 0 spiro atoms. The zero-order valence-electron chi connectivity index (χ0n) is 10.4. The molecule has 1 aromatic rings. The SMILES string of the molecule is CC(C)C(O)CCNC(=O)c1cccc(Cl)c1Cl. The summed E-state index contributed by atoms with van der Waals surface area (Å²) in [6.45, 7) is 4.27. The van der Waals surface area contributed by atoms with E-state index in [4.69, 9.17) is 23.2 Å². The van der Waals surface area contributed by atoms with Crippen LogP contribution in [0.2, 0.25) is 10.0 Å². The Morgan fingerprint density at radius 2 is 2.06 bits per heavy atom. The predicted molar refractivity (Wildman–Crippen MR) is 74.3 cm³/mol. The van der Waals surface area contributed by atoms with Crippen molar-refractivity contribution in [2.75, 3.05) is 6.54 Å². The first-order valence-corrected chi connectivity index (χ1v) is 6.59. The second-order valence-electron chi connectivity index (χ2n) is 4.46. The summed E-state index contributed by atoms with van der Waals surface area (Å²) in [6.07, 6.45) is 0.0989. The van der Waals surface area contributed by atoms with Gasteiger partial charge in [-0.15, -0.1) is 0 Å². The summed E-state index contributed by atoms with van der Waals surface area (Å²) in [4.78, 5) is 11.8. The number of amides is 1. The molecule has 0 heterocycles. The molecule has 0 fully saturated rings. The Morgan fingerprint density at radius 1 is 1.39 bits per heavy atom. The number of rotatable bonds is 5. The fraction of sp³-hybridized carbons (Fsp3) is 0.462. The highest BCUT2D eigenvalue weighted by atomic mass is 35.5. The number of hydrogen-bond donors (Lipinski definition) is 2. The molecule has 18 heavy (non-hydrogen) atoms. The second kappa shape index (κ2) is 6.98. The van der Waals surface area contributed by atoms with E-state index in [2.05, 4.69) is 5.32 Å². The third-order valence-corrected chi connectivity index (χ3v) is 3.51. The number of halogens is 2. The van der Waals surface area contributed by atoms with E-state index in [0.29, 0.717) is 23.6 Å². The summed E-state index contributed by atoms with van der Waals surface area (Å²) < 4.78 is 0. The van der Waals surface area contributed by atoms with Gasteiger partial charge in [-0.2, -0.15) is 0 Å². The van der Waals surface area contributed by atoms with E-state index in [-0.39, 0.29) is 16.8 Å². The standard InChI is InChI=1S/C13H17Cl2NO2/c1-8(2)11(17)6-7-16-13(18)9-4-3-5-10(14)12(9)15/h3-5,8,11,17H,6-7H2,1-2H3,(H,16,18). The van der Waals surface area contributed by atoms with Gasteiger partial charge in [0.15, 0.2) is 0 Å². The first-order valence-electron chi connectivity index (χ1n) is 5.83. The molecule has 0 radical (unpaired) electrons. The van der Waals surface area contributed by atoms with Crippen molar-refractivity contribution in [1.29, 1.82) is 0 Å². The molecule has 0 aliphatic heterocycles. The van der Waals surface area contributed by atoms with E-state index in [1.54, 1.807) is 18.2 Å². The van der Waals surface area contributed by atoms with Gasteiger partial charge in [-0.3, -0.25) is 4.79 Å². The maximum Gasteiger partial charge on any atom is 0.252 e. The minimum absolute atomic E-state index is 0.177. The number of aliphatic hydroxyl groups is 1. The van der Waals surface area contributed by atoms with E-state index in [9.17, 15) is 9.90 Å². The fourth-order valence-electron chi connectivity index (χ4n) is 1.44. The summed E-state index contributed by atoms with van der Waals surface area (Å²) >= 11 is 11.8. The molecule has 0 aromatic heterocycles. The summed E-state index contributed by atoms with van der Waals surface area (Å²) in [5.74, 6) is -0.102. The monoisotopic (exact) mass is 289 g/mol. The lowest BCUT2D eigenvalue weighted by atomic mass is 10.0. The Hall–Kier alpha value is -0.770. The van der Waals surface area contributed by atoms with Crippen LogP contribution in [-0.4, -0.2) is 23.7 Å². The van der Waals surface area contributed by atoms with Gasteiger partial charge in [0.1, 0.15) is 0 Å². The first-order chi connectivity index (χ1) is 8.43. The molecule has 100 valence electrons. The van der Waals surface area contributed by atoms with Crippen LogP contribution in [0.5, 0.6) is 0 Å². The normalized spacial score (nSPS) is 12.6. The lowest BCUT2D eigenvalue weighted by molar-refractivity contribution is 0.0920. The molecule has 0 aliphatic carbocycles. The van der Waals surface area contributed by atoms with E-state index in [0.717, 1.165) is 0 Å². The molecule has 1 amide bonds. The quantitative estimate of drug-likeness (QED) is 0.875. The molecule has 0 aliphatic rings. The van der Waals surface area contributed by atoms with Crippen molar-refractivity contribution >= 4 is 29.1 Å². The molecule has 1 rings (SSSR count). The molecule has 2 N–H and O–H groups in total. The van der Waals surface area contributed by atoms with Gasteiger partial charge >= 0.3 is 0 Å². The Kier molecular flexibility index (Phi) is 5.93. The zero-order chi connectivity index (χ0) is 13.7. The van der Waals surface area contributed by atoms with Crippen LogP contribution in [0.15, 0.2) is 18.2 Å². The second-order valence-corrected chi connectivity index (χ2v) is 5.24. The van der Waals surface area contributed by atoms with Crippen molar-refractivity contribution in [3.63, 3.8) is 0 Å². The Bertz CT molecular complexity index is 421. The van der Waals surface area contributed by atoms with Crippen LogP contribution in [0, 0.1) is 5.92 Å². The van der Waals surface area contributed by atoms with Gasteiger partial charge in [0, 0.05) is 6.54 Å². The number of carbonyl (C=O) groups is 1. The maximum absolute atomic E-state index is 11.8. The molecule has 0 saturated carbocycles. The molecule has 1 unspecified atom stereocenters. The van der Waals surface area contributed by atoms with Crippen LogP contribution in [-0.2, 0) is 0 Å². The van der Waals surface area contributed by atoms with Gasteiger partial charge in [-0.1, -0.05) is 43.1 Å². The minimum atomic E-state index is -0.417. The van der Waals surface area contributed by atoms with Crippen molar-refractivity contribution in [2.24, 2.45) is 5.92 Å². The summed E-state index contributed by atoms with van der Waals surface area (Å²) in [5, 5.41) is 12.9. The van der Waals surface area contributed by atoms with Crippen LogP contribution in [0.3, 0.4) is 0 Å². The topological polar surface area (TPSA) is 49.3 Å². The average molecular weight is 290 g/mol. The van der Waals surface area contributed by atoms with Crippen LogP contribution in [0.25, 0.3) is 0 Å². The number of aliphatic hydroxyl groups excluding tert-OH is 1. The van der Waals surface area contributed by atoms with Gasteiger partial charge in [-0.05, 0) is 24.5 Å². The highest BCUT2D eigenvalue weighted by Gasteiger charge is 2.13. The highest BCUT2D eigenvalue weighted by Crippen LogP contribution is 2.25. The van der Waals surface area contributed by atoms with Crippen LogP contribution in [0.1, 0.15) is 30.6 Å². The van der Waals surface area contributed by atoms with Gasteiger partial charge in [0.05, 0.1) is 21.7 Å². The number of benzene rings is 1. The number of nitrogens with one attached hydrogen (secondary N) is 1. The molecular weight excluding hydrogens is 273 g/mol. The average Bonchev–Trinajstić information content (AvgIpc) is 2.32. The van der Waals surface area contributed by atoms with E-state index < -0.39 is 6.10 Å². The Morgan fingerprint density at radius 3 is 2.67 bits per heavy atom. The lowest BCUT2D eigenvalue weighted by Crippen LogP contribution is -2.28. The minimum Gasteiger partial charge on any atom is -0.393 e. The Labute approximate surface area is 117 Å². The van der Waals surface area contributed by atoms with Gasteiger partial charge in [0.2, 0.25) is 0 Å². The highest BCUT2D eigenvalue weighted by molar-refractivity contribution is 6.43. The first kappa shape index (κ1) is 15.3. The van der Waals surface area contributed by atoms with Crippen LogP contribution in [0.4, 0.5) is 0 Å². The summed E-state index contributed by atoms with van der Waals surface area (Å²) in [6, 6.07) is 4.91. The summed E-state index contributed by atoms with van der Waals surface area (Å²) in [7, 11) is 0. The van der Waals surface area contributed by atoms with Gasteiger partial charge in [0.25, 0.3) is 5.91 Å². The van der Waals surface area contributed by atoms with Crippen LogP contribution >= 0.6 is 23.2 Å². The molecule has 1 atom stereocenters. The van der Waals surface area contributed by atoms with Crippen molar-refractivity contribution in [3.05, 3.63) is 33.8 Å². The van der Waals surface area contributed by atoms with Gasteiger partial charge in [-0.25, -0.2) is 0 Å². The predicted octanol–water partition coefficient (Wildman–Crippen LogP) is 3.13. The fourth-order valence-corrected chi connectivity index (χ4v) is 1.83. The number of hydrogen-bond acceptors (Lipinski definition) is 2. The lowest BCUT2D eigenvalue weighted by Gasteiger charge is -2.14. The smallest absolute Gasteiger partial charge is 0.252 e. The van der Waals surface area contributed by atoms with E-state index in [1.807, 2.05) is 13.8 Å². The molecule has 0 bridgehead atoms. The van der Waals surface area contributed by atoms with Crippen molar-refractivity contribution in [3.8, 4) is 0 Å². The van der Waals surface area contributed by atoms with E-state index >= 15 is 0 Å². The zero-order valence-corrected chi connectivity index (χ0v) is 11.9. The molecule has 0 saturated heterocycles. The van der Waals surface area contributed by atoms with Crippen molar-refractivity contribution in [2.45, 2.75) is 26.4 Å². The maximum atomic E-state index is 11.8. The van der Waals surface area contributed by atoms with Crippen molar-refractivity contribution < 1.29 is 9.90 Å². The molecule has 3 nitrogen and oxygen atoms in total. The third-order valence-electron chi connectivity index (χ3n) is 2.69.